The highest BCUT2D eigenvalue weighted by molar-refractivity contribution is 5.91. The lowest BCUT2D eigenvalue weighted by atomic mass is 10.1. The van der Waals surface area contributed by atoms with Gasteiger partial charge in [-0.25, -0.2) is 0 Å². The second-order valence-electron chi connectivity index (χ2n) is 4.24. The third kappa shape index (κ3) is 3.33. The van der Waals surface area contributed by atoms with Crippen LogP contribution >= 0.6 is 0 Å². The topological polar surface area (TPSA) is 29.5 Å². The molecule has 0 fully saturated rings. The Bertz CT molecular complexity index is 467. The number of rotatable bonds is 4. The number of nitrogens with zero attached hydrogens (tertiary/aromatic N) is 1. The monoisotopic (exact) mass is 245 g/mol. The van der Waals surface area contributed by atoms with Crippen LogP contribution in [0.15, 0.2) is 36.6 Å². The number of aryl methyl sites for hydroxylation is 2. The summed E-state index contributed by atoms with van der Waals surface area (Å²) in [6.07, 6.45) is 1.41. The zero-order chi connectivity index (χ0) is 13.7. The van der Waals surface area contributed by atoms with E-state index < -0.39 is 0 Å². The lowest BCUT2D eigenvalue weighted by molar-refractivity contribution is -0.125. The summed E-state index contributed by atoms with van der Waals surface area (Å²) >= 11 is 0. The molecule has 0 N–H and O–H groups in total. The third-order valence-electron chi connectivity index (χ3n) is 2.55. The van der Waals surface area contributed by atoms with Crippen molar-refractivity contribution in [2.45, 2.75) is 33.8 Å². The van der Waals surface area contributed by atoms with E-state index in [1.807, 2.05) is 39.0 Å². The molecule has 0 bridgehead atoms. The summed E-state index contributed by atoms with van der Waals surface area (Å²) in [7, 11) is 0. The number of carbonyl (C=O) groups is 1. The molecule has 18 heavy (non-hydrogen) atoms. The van der Waals surface area contributed by atoms with E-state index in [-0.39, 0.29) is 12.0 Å². The predicted octanol–water partition coefficient (Wildman–Crippen LogP) is 3.32. The van der Waals surface area contributed by atoms with Gasteiger partial charge in [0.1, 0.15) is 6.10 Å². The van der Waals surface area contributed by atoms with Gasteiger partial charge in [-0.15, -0.1) is 5.73 Å². The van der Waals surface area contributed by atoms with Gasteiger partial charge in [0, 0.05) is 6.92 Å². The van der Waals surface area contributed by atoms with Gasteiger partial charge in [0.2, 0.25) is 5.91 Å². The third-order valence-corrected chi connectivity index (χ3v) is 2.55. The largest absolute Gasteiger partial charge is 0.273 e. The molecule has 0 aliphatic carbocycles. The van der Waals surface area contributed by atoms with Gasteiger partial charge in [-0.2, -0.15) is 5.06 Å². The Hall–Kier alpha value is -1.83. The number of carbonyl (C=O) groups excluding carboxylic acids is 1. The normalized spacial score (nSPS) is 11.6. The summed E-state index contributed by atoms with van der Waals surface area (Å²) in [5.74, 6) is -0.156. The summed E-state index contributed by atoms with van der Waals surface area (Å²) in [4.78, 5) is 17.4. The SMILES string of the molecule is C=C=CC(C)ON(C(C)=O)c1c(C)cccc1C. The Morgan fingerprint density at radius 1 is 1.44 bits per heavy atom. The van der Waals surface area contributed by atoms with Crippen LogP contribution in [0.25, 0.3) is 0 Å². The van der Waals surface area contributed by atoms with E-state index in [2.05, 4.69) is 12.3 Å². The molecule has 0 aromatic heterocycles. The van der Waals surface area contributed by atoms with Gasteiger partial charge in [-0.3, -0.25) is 9.63 Å². The molecule has 0 heterocycles. The molecular weight excluding hydrogens is 226 g/mol. The lowest BCUT2D eigenvalue weighted by Crippen LogP contribution is -2.33. The van der Waals surface area contributed by atoms with Crippen LogP contribution in [0.4, 0.5) is 5.69 Å². The van der Waals surface area contributed by atoms with Crippen LogP contribution in [0.5, 0.6) is 0 Å². The average Bonchev–Trinajstić information content (AvgIpc) is 2.27. The number of amides is 1. The van der Waals surface area contributed by atoms with Crippen LogP contribution in [-0.2, 0) is 9.63 Å². The van der Waals surface area contributed by atoms with Crippen molar-refractivity contribution in [1.82, 2.24) is 0 Å². The lowest BCUT2D eigenvalue weighted by Gasteiger charge is -2.25. The summed E-state index contributed by atoms with van der Waals surface area (Å²) in [5.41, 5.74) is 5.45. The number of benzene rings is 1. The molecule has 1 aromatic rings. The highest BCUT2D eigenvalue weighted by Gasteiger charge is 2.18. The maximum atomic E-state index is 11.7. The van der Waals surface area contributed by atoms with Crippen molar-refractivity contribution in [2.24, 2.45) is 0 Å². The zero-order valence-corrected chi connectivity index (χ0v) is 11.4. The highest BCUT2D eigenvalue weighted by atomic mass is 16.7. The summed E-state index contributed by atoms with van der Waals surface area (Å²) in [6, 6.07) is 5.87. The van der Waals surface area contributed by atoms with Crippen molar-refractivity contribution in [2.75, 3.05) is 5.06 Å². The van der Waals surface area contributed by atoms with Gasteiger partial charge in [0.15, 0.2) is 0 Å². The first-order valence-electron chi connectivity index (χ1n) is 5.87. The summed E-state index contributed by atoms with van der Waals surface area (Å²) in [5, 5.41) is 1.34. The van der Waals surface area contributed by atoms with E-state index in [4.69, 9.17) is 4.84 Å². The number of anilines is 1. The molecule has 0 saturated heterocycles. The van der Waals surface area contributed by atoms with Crippen molar-refractivity contribution in [3.8, 4) is 0 Å². The van der Waals surface area contributed by atoms with E-state index in [1.165, 1.54) is 12.0 Å². The summed E-state index contributed by atoms with van der Waals surface area (Å²) < 4.78 is 0. The minimum absolute atomic E-state index is 0.156. The highest BCUT2D eigenvalue weighted by Crippen LogP contribution is 2.25. The van der Waals surface area contributed by atoms with Crippen LogP contribution in [-0.4, -0.2) is 12.0 Å². The first kappa shape index (κ1) is 14.2. The van der Waals surface area contributed by atoms with Gasteiger partial charge in [0.05, 0.1) is 5.69 Å². The van der Waals surface area contributed by atoms with Gasteiger partial charge in [-0.05, 0) is 38.0 Å². The molecule has 3 nitrogen and oxygen atoms in total. The maximum absolute atomic E-state index is 11.7. The minimum Gasteiger partial charge on any atom is -0.273 e. The molecule has 0 spiro atoms. The van der Waals surface area contributed by atoms with Crippen LogP contribution in [0.3, 0.4) is 0 Å². The summed E-state index contributed by atoms with van der Waals surface area (Å²) in [6.45, 7) is 10.7. The molecule has 1 atom stereocenters. The number of hydrogen-bond acceptors (Lipinski definition) is 2. The fourth-order valence-corrected chi connectivity index (χ4v) is 1.77. The number of hydrogen-bond donors (Lipinski definition) is 0. The molecule has 96 valence electrons. The fraction of sp³-hybridized carbons (Fsp3) is 0.333. The standard InChI is InChI=1S/C15H19NO2/c1-6-8-13(4)18-16(14(5)17)15-11(2)9-7-10-12(15)3/h7-10,13H,1H2,2-5H3. The molecule has 1 amide bonds. The first-order valence-corrected chi connectivity index (χ1v) is 5.87. The molecule has 0 aliphatic heterocycles. The smallest absolute Gasteiger partial charge is 0.247 e. The first-order chi connectivity index (χ1) is 8.47. The Morgan fingerprint density at radius 3 is 2.44 bits per heavy atom. The van der Waals surface area contributed by atoms with Crippen LogP contribution < -0.4 is 5.06 Å². The predicted molar refractivity (Wildman–Crippen MR) is 73.3 cm³/mol. The number of para-hydroxylation sites is 1. The molecule has 1 unspecified atom stereocenters. The van der Waals surface area contributed by atoms with Crippen LogP contribution in [0, 0.1) is 13.8 Å². The second-order valence-corrected chi connectivity index (χ2v) is 4.24. The van der Waals surface area contributed by atoms with E-state index in [1.54, 1.807) is 6.08 Å². The Kier molecular flexibility index (Phi) is 4.90. The number of hydroxylamine groups is 1. The van der Waals surface area contributed by atoms with Crippen molar-refractivity contribution < 1.29 is 9.63 Å². The van der Waals surface area contributed by atoms with Crippen molar-refractivity contribution in [3.05, 3.63) is 47.7 Å². The van der Waals surface area contributed by atoms with Crippen molar-refractivity contribution >= 4 is 11.6 Å². The average molecular weight is 245 g/mol. The van der Waals surface area contributed by atoms with E-state index in [0.717, 1.165) is 16.8 Å². The minimum atomic E-state index is -0.259. The van der Waals surface area contributed by atoms with Crippen LogP contribution in [0.2, 0.25) is 0 Å². The quantitative estimate of drug-likeness (QED) is 0.601. The molecule has 1 rings (SSSR count). The van der Waals surface area contributed by atoms with Crippen LogP contribution in [0.1, 0.15) is 25.0 Å². The van der Waals surface area contributed by atoms with Crippen molar-refractivity contribution in [1.29, 1.82) is 0 Å². The van der Waals surface area contributed by atoms with Gasteiger partial charge < -0.3 is 0 Å². The van der Waals surface area contributed by atoms with E-state index in [0.29, 0.717) is 0 Å². The van der Waals surface area contributed by atoms with Gasteiger partial charge >= 0.3 is 0 Å². The molecule has 1 aromatic carbocycles. The van der Waals surface area contributed by atoms with E-state index >= 15 is 0 Å². The van der Waals surface area contributed by atoms with Gasteiger partial charge in [0.25, 0.3) is 0 Å². The van der Waals surface area contributed by atoms with E-state index in [9.17, 15) is 4.79 Å². The van der Waals surface area contributed by atoms with Crippen molar-refractivity contribution in [3.63, 3.8) is 0 Å². The van der Waals surface area contributed by atoms with Gasteiger partial charge in [-0.1, -0.05) is 24.8 Å². The Balaban J connectivity index is 3.13. The second kappa shape index (κ2) is 6.20. The molecule has 0 saturated carbocycles. The molecule has 0 aliphatic rings. The maximum Gasteiger partial charge on any atom is 0.247 e. The fourth-order valence-electron chi connectivity index (χ4n) is 1.77. The zero-order valence-electron chi connectivity index (χ0n) is 11.4. The molecular formula is C15H19NO2. The Morgan fingerprint density at radius 2 is 2.00 bits per heavy atom. The molecule has 0 radical (unpaired) electrons. The molecule has 3 heteroatoms. The Labute approximate surface area is 108 Å².